The fourth-order valence-corrected chi connectivity index (χ4v) is 2.87. The van der Waals surface area contributed by atoms with Gasteiger partial charge in [-0.05, 0) is 25.1 Å². The summed E-state index contributed by atoms with van der Waals surface area (Å²) in [5, 5.41) is 16.4. The second-order valence-electron chi connectivity index (χ2n) is 5.67. The van der Waals surface area contributed by atoms with E-state index in [1.165, 1.54) is 0 Å². The first-order valence-electron chi connectivity index (χ1n) is 7.67. The Bertz CT molecular complexity index is 1050. The molecule has 4 aromatic rings. The molecule has 120 valence electrons. The number of fused-ring (bicyclic) bond motifs is 2. The van der Waals surface area contributed by atoms with E-state index < -0.39 is 0 Å². The first-order chi connectivity index (χ1) is 11.6. The molecule has 3 heterocycles. The number of aryl methyl sites for hydroxylation is 1. The number of carbonyl (C=O) groups is 1. The molecule has 0 saturated heterocycles. The smallest absolute Gasteiger partial charge is 0.273 e. The fraction of sp³-hybridized carbons (Fsp3) is 0.176. The molecule has 3 aromatic heterocycles. The lowest BCUT2D eigenvalue weighted by Crippen LogP contribution is -2.28. The molecule has 24 heavy (non-hydrogen) atoms. The van der Waals surface area contributed by atoms with Gasteiger partial charge in [-0.2, -0.15) is 5.10 Å². The van der Waals surface area contributed by atoms with Crippen molar-refractivity contribution < 1.29 is 4.79 Å². The standard InChI is InChI=1S/C17H16N6O/c1-11(16-20-19-14-9-5-6-10-23(14)16)18-17(24)15-12-7-3-4-8-13(12)22(2)21-15/h3-11H,1-2H3,(H,18,24)/t11-/m0/s1. The van der Waals surface area contributed by atoms with Crippen LogP contribution in [-0.4, -0.2) is 30.3 Å². The van der Waals surface area contributed by atoms with Gasteiger partial charge in [-0.15, -0.1) is 10.2 Å². The largest absolute Gasteiger partial charge is 0.341 e. The molecular weight excluding hydrogens is 304 g/mol. The molecule has 7 nitrogen and oxygen atoms in total. The van der Waals surface area contributed by atoms with E-state index in [1.807, 2.05) is 67.0 Å². The average Bonchev–Trinajstić information content (AvgIpc) is 3.17. The monoisotopic (exact) mass is 320 g/mol. The van der Waals surface area contributed by atoms with Gasteiger partial charge < -0.3 is 5.32 Å². The number of hydrogen-bond acceptors (Lipinski definition) is 4. The molecule has 7 heteroatoms. The van der Waals surface area contributed by atoms with E-state index in [9.17, 15) is 4.79 Å². The van der Waals surface area contributed by atoms with Gasteiger partial charge in [0.2, 0.25) is 0 Å². The fourth-order valence-electron chi connectivity index (χ4n) is 2.87. The van der Waals surface area contributed by atoms with Crippen molar-refractivity contribution in [2.75, 3.05) is 0 Å². The molecule has 0 unspecified atom stereocenters. The van der Waals surface area contributed by atoms with Crippen molar-refractivity contribution in [3.63, 3.8) is 0 Å². The number of rotatable bonds is 3. The molecule has 0 fully saturated rings. The molecule has 0 aliphatic carbocycles. The van der Waals surface area contributed by atoms with Crippen LogP contribution >= 0.6 is 0 Å². The molecule has 1 amide bonds. The summed E-state index contributed by atoms with van der Waals surface area (Å²) in [5.74, 6) is 0.450. The normalized spacial score (nSPS) is 12.6. The van der Waals surface area contributed by atoms with E-state index in [4.69, 9.17) is 0 Å². The highest BCUT2D eigenvalue weighted by Gasteiger charge is 2.20. The molecule has 0 spiro atoms. The molecule has 0 saturated carbocycles. The lowest BCUT2D eigenvalue weighted by Gasteiger charge is -2.11. The topological polar surface area (TPSA) is 77.1 Å². The summed E-state index contributed by atoms with van der Waals surface area (Å²) in [6, 6.07) is 13.0. The molecule has 0 radical (unpaired) electrons. The molecule has 0 aliphatic rings. The molecular formula is C17H16N6O. The number of benzene rings is 1. The number of carbonyl (C=O) groups excluding carboxylic acids is 1. The van der Waals surface area contributed by atoms with Crippen LogP contribution in [0.5, 0.6) is 0 Å². The second kappa shape index (κ2) is 5.45. The number of hydrogen-bond donors (Lipinski definition) is 1. The van der Waals surface area contributed by atoms with E-state index in [2.05, 4.69) is 20.6 Å². The summed E-state index contributed by atoms with van der Waals surface area (Å²) in [6.45, 7) is 1.88. The highest BCUT2D eigenvalue weighted by Crippen LogP contribution is 2.19. The summed E-state index contributed by atoms with van der Waals surface area (Å²) < 4.78 is 3.57. The van der Waals surface area contributed by atoms with Crippen molar-refractivity contribution in [2.24, 2.45) is 7.05 Å². The summed E-state index contributed by atoms with van der Waals surface area (Å²) in [6.07, 6.45) is 1.88. The van der Waals surface area contributed by atoms with Crippen LogP contribution in [0.3, 0.4) is 0 Å². The number of pyridine rings is 1. The number of nitrogens with one attached hydrogen (secondary N) is 1. The molecule has 4 rings (SSSR count). The number of nitrogens with zero attached hydrogens (tertiary/aromatic N) is 5. The Hall–Kier alpha value is -3.22. The molecule has 0 aliphatic heterocycles. The van der Waals surface area contributed by atoms with Crippen molar-refractivity contribution in [3.8, 4) is 0 Å². The first kappa shape index (κ1) is 14.4. The zero-order valence-corrected chi connectivity index (χ0v) is 13.3. The van der Waals surface area contributed by atoms with E-state index >= 15 is 0 Å². The number of aromatic nitrogens is 5. The van der Waals surface area contributed by atoms with Crippen LogP contribution in [0.1, 0.15) is 29.3 Å². The Morgan fingerprint density at radius 2 is 1.92 bits per heavy atom. The minimum Gasteiger partial charge on any atom is -0.341 e. The zero-order chi connectivity index (χ0) is 16.7. The van der Waals surface area contributed by atoms with Gasteiger partial charge in [-0.3, -0.25) is 13.9 Å². The molecule has 1 atom stereocenters. The Balaban J connectivity index is 1.66. The lowest BCUT2D eigenvalue weighted by atomic mass is 10.2. The average molecular weight is 320 g/mol. The summed E-state index contributed by atoms with van der Waals surface area (Å²) in [7, 11) is 1.83. The van der Waals surface area contributed by atoms with Crippen molar-refractivity contribution in [2.45, 2.75) is 13.0 Å². The van der Waals surface area contributed by atoms with Gasteiger partial charge in [0, 0.05) is 18.6 Å². The first-order valence-corrected chi connectivity index (χ1v) is 7.67. The van der Waals surface area contributed by atoms with E-state index in [1.54, 1.807) is 4.68 Å². The maximum atomic E-state index is 12.7. The quantitative estimate of drug-likeness (QED) is 0.627. The summed E-state index contributed by atoms with van der Waals surface area (Å²) >= 11 is 0. The zero-order valence-electron chi connectivity index (χ0n) is 13.3. The maximum Gasteiger partial charge on any atom is 0.273 e. The van der Waals surface area contributed by atoms with Gasteiger partial charge in [0.25, 0.3) is 5.91 Å². The number of amides is 1. The van der Waals surface area contributed by atoms with Gasteiger partial charge in [0.1, 0.15) is 0 Å². The van der Waals surface area contributed by atoms with Gasteiger partial charge >= 0.3 is 0 Å². The van der Waals surface area contributed by atoms with E-state index in [0.29, 0.717) is 11.5 Å². The van der Waals surface area contributed by atoms with Crippen molar-refractivity contribution in [3.05, 3.63) is 60.2 Å². The molecule has 1 aromatic carbocycles. The third kappa shape index (κ3) is 2.21. The third-order valence-corrected chi connectivity index (χ3v) is 4.05. The second-order valence-corrected chi connectivity index (χ2v) is 5.67. The van der Waals surface area contributed by atoms with Gasteiger partial charge in [-0.1, -0.05) is 24.3 Å². The van der Waals surface area contributed by atoms with Crippen LogP contribution in [0.25, 0.3) is 16.6 Å². The Kier molecular flexibility index (Phi) is 3.26. The minimum atomic E-state index is -0.296. The predicted molar refractivity (Wildman–Crippen MR) is 89.6 cm³/mol. The van der Waals surface area contributed by atoms with Gasteiger partial charge in [-0.25, -0.2) is 0 Å². The van der Waals surface area contributed by atoms with Gasteiger partial charge in [0.05, 0.1) is 11.6 Å². The van der Waals surface area contributed by atoms with Crippen molar-refractivity contribution in [1.82, 2.24) is 29.7 Å². The van der Waals surface area contributed by atoms with Crippen molar-refractivity contribution in [1.29, 1.82) is 0 Å². The van der Waals surface area contributed by atoms with Crippen LogP contribution in [0.15, 0.2) is 48.7 Å². The number of para-hydroxylation sites is 1. The Morgan fingerprint density at radius 3 is 2.79 bits per heavy atom. The predicted octanol–water partition coefficient (Wildman–Crippen LogP) is 2.11. The molecule has 1 N–H and O–H groups in total. The summed E-state index contributed by atoms with van der Waals surface area (Å²) in [4.78, 5) is 12.7. The van der Waals surface area contributed by atoms with E-state index in [0.717, 1.165) is 16.6 Å². The maximum absolute atomic E-state index is 12.7. The van der Waals surface area contributed by atoms with Crippen molar-refractivity contribution >= 4 is 22.5 Å². The third-order valence-electron chi connectivity index (χ3n) is 4.05. The van der Waals surface area contributed by atoms with Crippen LogP contribution in [0.2, 0.25) is 0 Å². The van der Waals surface area contributed by atoms with Crippen LogP contribution in [0, 0.1) is 0 Å². The minimum absolute atomic E-state index is 0.230. The van der Waals surface area contributed by atoms with Crippen LogP contribution in [0.4, 0.5) is 0 Å². The highest BCUT2D eigenvalue weighted by atomic mass is 16.2. The van der Waals surface area contributed by atoms with Crippen LogP contribution in [-0.2, 0) is 7.05 Å². The molecule has 0 bridgehead atoms. The van der Waals surface area contributed by atoms with E-state index in [-0.39, 0.29) is 11.9 Å². The Morgan fingerprint density at radius 1 is 1.12 bits per heavy atom. The Labute approximate surface area is 137 Å². The highest BCUT2D eigenvalue weighted by molar-refractivity contribution is 6.04. The van der Waals surface area contributed by atoms with Gasteiger partial charge in [0.15, 0.2) is 17.2 Å². The SMILES string of the molecule is C[C@H](NC(=O)c1nn(C)c2ccccc12)c1nnc2ccccn12. The lowest BCUT2D eigenvalue weighted by molar-refractivity contribution is 0.0934. The van der Waals surface area contributed by atoms with Crippen LogP contribution < -0.4 is 5.32 Å². The summed E-state index contributed by atoms with van der Waals surface area (Å²) in [5.41, 5.74) is 2.08.